The summed E-state index contributed by atoms with van der Waals surface area (Å²) < 4.78 is 0. The van der Waals surface area contributed by atoms with E-state index in [9.17, 15) is 4.79 Å². The van der Waals surface area contributed by atoms with Gasteiger partial charge in [-0.2, -0.15) is 0 Å². The summed E-state index contributed by atoms with van der Waals surface area (Å²) in [7, 11) is 0. The molecule has 86 valence electrons. The van der Waals surface area contributed by atoms with Crippen molar-refractivity contribution in [3.63, 3.8) is 0 Å². The van der Waals surface area contributed by atoms with Crippen LogP contribution in [0.3, 0.4) is 0 Å². The smallest absolute Gasteiger partial charge is 0.247 e. The van der Waals surface area contributed by atoms with Crippen molar-refractivity contribution in [2.75, 3.05) is 13.1 Å². The summed E-state index contributed by atoms with van der Waals surface area (Å²) in [5.74, 6) is 0.680. The van der Waals surface area contributed by atoms with Gasteiger partial charge in [0.05, 0.1) is 5.84 Å². The molecular formula is C11H21N3O. The predicted molar refractivity (Wildman–Crippen MR) is 61.8 cm³/mol. The van der Waals surface area contributed by atoms with E-state index < -0.39 is 0 Å². The highest BCUT2D eigenvalue weighted by Gasteiger charge is 2.21. The third-order valence-electron chi connectivity index (χ3n) is 2.75. The van der Waals surface area contributed by atoms with Gasteiger partial charge >= 0.3 is 0 Å². The van der Waals surface area contributed by atoms with Gasteiger partial charge < -0.3 is 10.6 Å². The summed E-state index contributed by atoms with van der Waals surface area (Å²) in [5, 5.41) is 0. The zero-order valence-corrected chi connectivity index (χ0v) is 9.70. The second kappa shape index (κ2) is 5.73. The topological polar surface area (TPSA) is 58.7 Å². The SMILES string of the molecule is CCC(N)=NC(C)C(=O)N1CCCCC1. The van der Waals surface area contributed by atoms with E-state index in [2.05, 4.69) is 4.99 Å². The fourth-order valence-corrected chi connectivity index (χ4v) is 1.77. The van der Waals surface area contributed by atoms with Crippen molar-refractivity contribution in [1.29, 1.82) is 0 Å². The molecule has 0 spiro atoms. The minimum atomic E-state index is -0.317. The van der Waals surface area contributed by atoms with E-state index in [0.29, 0.717) is 12.3 Å². The first-order chi connectivity index (χ1) is 7.15. The van der Waals surface area contributed by atoms with E-state index in [1.807, 2.05) is 18.7 Å². The van der Waals surface area contributed by atoms with E-state index >= 15 is 0 Å². The molecule has 1 aliphatic heterocycles. The number of amides is 1. The third-order valence-corrected chi connectivity index (χ3v) is 2.75. The predicted octanol–water partition coefficient (Wildman–Crippen LogP) is 1.15. The highest BCUT2D eigenvalue weighted by molar-refractivity contribution is 5.87. The molecule has 1 fully saturated rings. The lowest BCUT2D eigenvalue weighted by Gasteiger charge is -2.28. The molecule has 2 N–H and O–H groups in total. The van der Waals surface area contributed by atoms with Crippen LogP contribution in [-0.4, -0.2) is 35.8 Å². The first kappa shape index (κ1) is 12.0. The normalized spacial score (nSPS) is 20.1. The Morgan fingerprint density at radius 3 is 2.53 bits per heavy atom. The standard InChI is InChI=1S/C11H21N3O/c1-3-10(12)13-9(2)11(15)14-7-5-4-6-8-14/h9H,3-8H2,1-2H3,(H2,12,13). The lowest BCUT2D eigenvalue weighted by atomic mass is 10.1. The summed E-state index contributed by atoms with van der Waals surface area (Å²) in [4.78, 5) is 18.0. The van der Waals surface area contributed by atoms with Crippen molar-refractivity contribution in [2.45, 2.75) is 45.6 Å². The summed E-state index contributed by atoms with van der Waals surface area (Å²) in [6, 6.07) is -0.317. The molecule has 0 aliphatic carbocycles. The van der Waals surface area contributed by atoms with Crippen LogP contribution in [0.5, 0.6) is 0 Å². The van der Waals surface area contributed by atoms with E-state index in [0.717, 1.165) is 25.9 Å². The quantitative estimate of drug-likeness (QED) is 0.562. The molecule has 0 aromatic carbocycles. The first-order valence-corrected chi connectivity index (χ1v) is 5.76. The molecule has 1 aliphatic rings. The number of rotatable bonds is 3. The Morgan fingerprint density at radius 2 is 2.00 bits per heavy atom. The lowest BCUT2D eigenvalue weighted by Crippen LogP contribution is -2.41. The average Bonchev–Trinajstić information content (AvgIpc) is 2.29. The number of aliphatic imine (C=N–C) groups is 1. The van der Waals surface area contributed by atoms with Gasteiger partial charge in [0.2, 0.25) is 5.91 Å². The van der Waals surface area contributed by atoms with Gasteiger partial charge in [0.15, 0.2) is 0 Å². The van der Waals surface area contributed by atoms with Crippen LogP contribution in [0.1, 0.15) is 39.5 Å². The number of likely N-dealkylation sites (tertiary alicyclic amines) is 1. The Balaban J connectivity index is 2.51. The molecule has 0 aromatic rings. The van der Waals surface area contributed by atoms with Gasteiger partial charge in [-0.3, -0.25) is 9.79 Å². The number of hydrogen-bond donors (Lipinski definition) is 1. The maximum atomic E-state index is 11.9. The second-order valence-electron chi connectivity index (χ2n) is 4.04. The van der Waals surface area contributed by atoms with Crippen molar-refractivity contribution < 1.29 is 4.79 Å². The molecule has 1 atom stereocenters. The summed E-state index contributed by atoms with van der Waals surface area (Å²) >= 11 is 0. The number of nitrogens with two attached hydrogens (primary N) is 1. The van der Waals surface area contributed by atoms with Crippen LogP contribution in [0.4, 0.5) is 0 Å². The van der Waals surface area contributed by atoms with Crippen LogP contribution < -0.4 is 5.73 Å². The van der Waals surface area contributed by atoms with Crippen LogP contribution in [0.15, 0.2) is 4.99 Å². The van der Waals surface area contributed by atoms with Gasteiger partial charge in [0.1, 0.15) is 6.04 Å². The molecule has 1 unspecified atom stereocenters. The zero-order valence-electron chi connectivity index (χ0n) is 9.70. The van der Waals surface area contributed by atoms with Crippen LogP contribution in [-0.2, 0) is 4.79 Å². The van der Waals surface area contributed by atoms with Crippen LogP contribution in [0.25, 0.3) is 0 Å². The van der Waals surface area contributed by atoms with Crippen molar-refractivity contribution in [2.24, 2.45) is 10.7 Å². The van der Waals surface area contributed by atoms with E-state index in [4.69, 9.17) is 5.73 Å². The number of carbonyl (C=O) groups excluding carboxylic acids is 1. The monoisotopic (exact) mass is 211 g/mol. The fourth-order valence-electron chi connectivity index (χ4n) is 1.77. The number of piperidine rings is 1. The van der Waals surface area contributed by atoms with Crippen molar-refractivity contribution >= 4 is 11.7 Å². The molecule has 4 heteroatoms. The minimum absolute atomic E-state index is 0.117. The maximum absolute atomic E-state index is 11.9. The second-order valence-corrected chi connectivity index (χ2v) is 4.04. The molecular weight excluding hydrogens is 190 g/mol. The van der Waals surface area contributed by atoms with Gasteiger partial charge in [0, 0.05) is 19.5 Å². The minimum Gasteiger partial charge on any atom is -0.387 e. The molecule has 1 rings (SSSR count). The molecule has 0 aromatic heterocycles. The molecule has 0 radical (unpaired) electrons. The number of carbonyl (C=O) groups is 1. The average molecular weight is 211 g/mol. The van der Waals surface area contributed by atoms with Gasteiger partial charge in [-0.15, -0.1) is 0 Å². The third kappa shape index (κ3) is 3.53. The van der Waals surface area contributed by atoms with Crippen LogP contribution in [0.2, 0.25) is 0 Å². The molecule has 1 heterocycles. The van der Waals surface area contributed by atoms with Gasteiger partial charge in [-0.1, -0.05) is 6.92 Å². The number of nitrogens with zero attached hydrogens (tertiary/aromatic N) is 2. The van der Waals surface area contributed by atoms with Crippen LogP contribution >= 0.6 is 0 Å². The molecule has 4 nitrogen and oxygen atoms in total. The molecule has 1 saturated heterocycles. The summed E-state index contributed by atoms with van der Waals surface area (Å²) in [5.41, 5.74) is 5.62. The maximum Gasteiger partial charge on any atom is 0.247 e. The number of hydrogen-bond acceptors (Lipinski definition) is 2. The Kier molecular flexibility index (Phi) is 4.59. The fraction of sp³-hybridized carbons (Fsp3) is 0.818. The van der Waals surface area contributed by atoms with Gasteiger partial charge in [-0.25, -0.2) is 0 Å². The summed E-state index contributed by atoms with van der Waals surface area (Å²) in [6.45, 7) is 5.52. The number of amidine groups is 1. The largest absolute Gasteiger partial charge is 0.387 e. The first-order valence-electron chi connectivity index (χ1n) is 5.76. The van der Waals surface area contributed by atoms with Crippen molar-refractivity contribution in [3.05, 3.63) is 0 Å². The summed E-state index contributed by atoms with van der Waals surface area (Å²) in [6.07, 6.45) is 4.17. The molecule has 0 saturated carbocycles. The molecule has 0 bridgehead atoms. The zero-order chi connectivity index (χ0) is 11.3. The van der Waals surface area contributed by atoms with Crippen LogP contribution in [0, 0.1) is 0 Å². The Hall–Kier alpha value is -1.06. The lowest BCUT2D eigenvalue weighted by molar-refractivity contribution is -0.132. The highest BCUT2D eigenvalue weighted by atomic mass is 16.2. The van der Waals surface area contributed by atoms with Crippen molar-refractivity contribution in [1.82, 2.24) is 4.90 Å². The Labute approximate surface area is 91.5 Å². The Bertz CT molecular complexity index is 244. The molecule has 1 amide bonds. The van der Waals surface area contributed by atoms with E-state index in [-0.39, 0.29) is 11.9 Å². The van der Waals surface area contributed by atoms with Gasteiger partial charge in [-0.05, 0) is 26.2 Å². The van der Waals surface area contributed by atoms with Crippen molar-refractivity contribution in [3.8, 4) is 0 Å². The van der Waals surface area contributed by atoms with Gasteiger partial charge in [0.25, 0.3) is 0 Å². The highest BCUT2D eigenvalue weighted by Crippen LogP contribution is 2.11. The van der Waals surface area contributed by atoms with E-state index in [1.54, 1.807) is 0 Å². The Morgan fingerprint density at radius 1 is 1.40 bits per heavy atom. The molecule has 15 heavy (non-hydrogen) atoms. The van der Waals surface area contributed by atoms with E-state index in [1.165, 1.54) is 6.42 Å².